The van der Waals surface area contributed by atoms with Crippen molar-refractivity contribution < 1.29 is 0 Å². The molecule has 86 valence electrons. The fourth-order valence-corrected chi connectivity index (χ4v) is 2.40. The lowest BCUT2D eigenvalue weighted by atomic mass is 9.82. The molecule has 0 bridgehead atoms. The van der Waals surface area contributed by atoms with Crippen LogP contribution in [0, 0.1) is 5.41 Å². The molecule has 0 saturated heterocycles. The summed E-state index contributed by atoms with van der Waals surface area (Å²) >= 11 is 1.80. The number of thiophene rings is 1. The van der Waals surface area contributed by atoms with Gasteiger partial charge in [-0.15, -0.1) is 0 Å². The summed E-state index contributed by atoms with van der Waals surface area (Å²) < 4.78 is 0. The number of aryl methyl sites for hydroxylation is 1. The van der Waals surface area contributed by atoms with Gasteiger partial charge in [-0.1, -0.05) is 20.8 Å². The van der Waals surface area contributed by atoms with E-state index >= 15 is 0 Å². The van der Waals surface area contributed by atoms with Gasteiger partial charge < -0.3 is 5.32 Å². The van der Waals surface area contributed by atoms with Gasteiger partial charge in [-0.05, 0) is 53.6 Å². The van der Waals surface area contributed by atoms with E-state index in [1.807, 2.05) is 0 Å². The van der Waals surface area contributed by atoms with E-state index in [4.69, 9.17) is 0 Å². The summed E-state index contributed by atoms with van der Waals surface area (Å²) in [6.45, 7) is 9.08. The summed E-state index contributed by atoms with van der Waals surface area (Å²) in [6, 6.07) is 2.24. The molecule has 0 aliphatic carbocycles. The van der Waals surface area contributed by atoms with Crippen molar-refractivity contribution in [3.8, 4) is 0 Å². The van der Waals surface area contributed by atoms with Crippen LogP contribution >= 0.6 is 11.3 Å². The van der Waals surface area contributed by atoms with E-state index in [0.29, 0.717) is 5.41 Å². The summed E-state index contributed by atoms with van der Waals surface area (Å²) in [5.74, 6) is 0. The van der Waals surface area contributed by atoms with Crippen molar-refractivity contribution in [2.24, 2.45) is 5.41 Å². The SMILES string of the molecule is CCNCC(C)(CC)CCc1ccsc1. The van der Waals surface area contributed by atoms with Crippen molar-refractivity contribution in [3.05, 3.63) is 22.4 Å². The predicted octanol–water partition coefficient (Wildman–Crippen LogP) is 3.71. The van der Waals surface area contributed by atoms with Crippen LogP contribution in [0.2, 0.25) is 0 Å². The molecule has 0 saturated carbocycles. The highest BCUT2D eigenvalue weighted by molar-refractivity contribution is 7.07. The first kappa shape index (κ1) is 12.7. The minimum atomic E-state index is 0.456. The van der Waals surface area contributed by atoms with Gasteiger partial charge in [0.15, 0.2) is 0 Å². The monoisotopic (exact) mass is 225 g/mol. The van der Waals surface area contributed by atoms with Gasteiger partial charge in [0.2, 0.25) is 0 Å². The van der Waals surface area contributed by atoms with E-state index in [1.54, 1.807) is 11.3 Å². The fraction of sp³-hybridized carbons (Fsp3) is 0.692. The van der Waals surface area contributed by atoms with Gasteiger partial charge in [-0.2, -0.15) is 11.3 Å². The Hall–Kier alpha value is -0.340. The third-order valence-electron chi connectivity index (χ3n) is 3.25. The summed E-state index contributed by atoms with van der Waals surface area (Å²) in [7, 11) is 0. The fourth-order valence-electron chi connectivity index (χ4n) is 1.70. The lowest BCUT2D eigenvalue weighted by Gasteiger charge is -2.28. The second kappa shape index (κ2) is 6.29. The largest absolute Gasteiger partial charge is 0.316 e. The first-order valence-electron chi connectivity index (χ1n) is 5.92. The summed E-state index contributed by atoms with van der Waals surface area (Å²) in [6.07, 6.45) is 3.76. The number of hydrogen-bond donors (Lipinski definition) is 1. The maximum Gasteiger partial charge on any atom is 0.000506 e. The summed E-state index contributed by atoms with van der Waals surface area (Å²) in [5, 5.41) is 7.91. The molecule has 1 unspecified atom stereocenters. The Morgan fingerprint density at radius 2 is 2.20 bits per heavy atom. The van der Waals surface area contributed by atoms with Crippen molar-refractivity contribution in [1.82, 2.24) is 5.32 Å². The molecule has 1 atom stereocenters. The Labute approximate surface area is 97.9 Å². The van der Waals surface area contributed by atoms with Gasteiger partial charge >= 0.3 is 0 Å². The molecule has 0 aromatic carbocycles. The molecule has 1 rings (SSSR count). The van der Waals surface area contributed by atoms with Gasteiger partial charge in [-0.3, -0.25) is 0 Å². The molecule has 1 heterocycles. The molecular weight excluding hydrogens is 202 g/mol. The highest BCUT2D eigenvalue weighted by Gasteiger charge is 2.20. The zero-order valence-electron chi connectivity index (χ0n) is 10.2. The van der Waals surface area contributed by atoms with E-state index in [2.05, 4.69) is 42.9 Å². The first-order valence-corrected chi connectivity index (χ1v) is 6.86. The molecule has 1 N–H and O–H groups in total. The number of rotatable bonds is 7. The van der Waals surface area contributed by atoms with Crippen LogP contribution in [-0.4, -0.2) is 13.1 Å². The second-order valence-electron chi connectivity index (χ2n) is 4.58. The molecule has 0 aliphatic rings. The van der Waals surface area contributed by atoms with Crippen LogP contribution in [0.4, 0.5) is 0 Å². The van der Waals surface area contributed by atoms with E-state index in [1.165, 1.54) is 24.8 Å². The van der Waals surface area contributed by atoms with Gasteiger partial charge in [0.25, 0.3) is 0 Å². The predicted molar refractivity (Wildman–Crippen MR) is 69.6 cm³/mol. The van der Waals surface area contributed by atoms with Crippen LogP contribution in [0.15, 0.2) is 16.8 Å². The Balaban J connectivity index is 2.38. The number of hydrogen-bond acceptors (Lipinski definition) is 2. The van der Waals surface area contributed by atoms with Gasteiger partial charge in [0.1, 0.15) is 0 Å². The van der Waals surface area contributed by atoms with E-state index in [-0.39, 0.29) is 0 Å². The number of nitrogens with one attached hydrogen (secondary N) is 1. The average molecular weight is 225 g/mol. The molecule has 0 radical (unpaired) electrons. The third-order valence-corrected chi connectivity index (χ3v) is 3.98. The molecule has 1 nitrogen and oxygen atoms in total. The van der Waals surface area contributed by atoms with Gasteiger partial charge in [-0.25, -0.2) is 0 Å². The lowest BCUT2D eigenvalue weighted by molar-refractivity contribution is 0.272. The van der Waals surface area contributed by atoms with E-state index in [9.17, 15) is 0 Å². The molecular formula is C13H23NS. The Kier molecular flexibility index (Phi) is 5.34. The van der Waals surface area contributed by atoms with E-state index in [0.717, 1.165) is 13.1 Å². The molecule has 0 fully saturated rings. The molecule has 2 heteroatoms. The topological polar surface area (TPSA) is 12.0 Å². The maximum absolute atomic E-state index is 3.47. The molecule has 0 spiro atoms. The van der Waals surface area contributed by atoms with Crippen molar-refractivity contribution in [2.45, 2.75) is 40.0 Å². The Bertz CT molecular complexity index is 256. The quantitative estimate of drug-likeness (QED) is 0.746. The van der Waals surface area contributed by atoms with Crippen LogP contribution < -0.4 is 5.32 Å². The van der Waals surface area contributed by atoms with Crippen LogP contribution in [0.5, 0.6) is 0 Å². The molecule has 15 heavy (non-hydrogen) atoms. The van der Waals surface area contributed by atoms with Crippen molar-refractivity contribution >= 4 is 11.3 Å². The van der Waals surface area contributed by atoms with Gasteiger partial charge in [0.05, 0.1) is 0 Å². The standard InChI is InChI=1S/C13H23NS/c1-4-13(3,11-14-5-2)8-6-12-7-9-15-10-12/h7,9-10,14H,4-6,8,11H2,1-3H3. The second-order valence-corrected chi connectivity index (χ2v) is 5.36. The molecule has 0 aliphatic heterocycles. The Morgan fingerprint density at radius 3 is 2.73 bits per heavy atom. The summed E-state index contributed by atoms with van der Waals surface area (Å²) in [5.41, 5.74) is 1.95. The first-order chi connectivity index (χ1) is 7.20. The molecule has 0 amide bonds. The highest BCUT2D eigenvalue weighted by atomic mass is 32.1. The van der Waals surface area contributed by atoms with Crippen LogP contribution in [0.3, 0.4) is 0 Å². The summed E-state index contributed by atoms with van der Waals surface area (Å²) in [4.78, 5) is 0. The zero-order valence-corrected chi connectivity index (χ0v) is 11.0. The highest BCUT2D eigenvalue weighted by Crippen LogP contribution is 2.27. The maximum atomic E-state index is 3.47. The van der Waals surface area contributed by atoms with Crippen LogP contribution in [-0.2, 0) is 6.42 Å². The van der Waals surface area contributed by atoms with Crippen molar-refractivity contribution in [3.63, 3.8) is 0 Å². The Morgan fingerprint density at radius 1 is 1.40 bits per heavy atom. The lowest BCUT2D eigenvalue weighted by Crippen LogP contribution is -2.31. The molecule has 1 aromatic heterocycles. The minimum absolute atomic E-state index is 0.456. The van der Waals surface area contributed by atoms with Gasteiger partial charge in [0, 0.05) is 6.54 Å². The normalized spacial score (nSPS) is 15.1. The minimum Gasteiger partial charge on any atom is -0.316 e. The van der Waals surface area contributed by atoms with Crippen molar-refractivity contribution in [2.75, 3.05) is 13.1 Å². The van der Waals surface area contributed by atoms with Crippen LogP contribution in [0.25, 0.3) is 0 Å². The van der Waals surface area contributed by atoms with Crippen LogP contribution in [0.1, 0.15) is 39.2 Å². The zero-order chi connectivity index (χ0) is 11.1. The average Bonchev–Trinajstić information content (AvgIpc) is 2.76. The van der Waals surface area contributed by atoms with Crippen molar-refractivity contribution in [1.29, 1.82) is 0 Å². The smallest absolute Gasteiger partial charge is 0.000506 e. The third kappa shape index (κ3) is 4.35. The molecule has 1 aromatic rings. The van der Waals surface area contributed by atoms with E-state index < -0.39 is 0 Å².